The van der Waals surface area contributed by atoms with Gasteiger partial charge in [-0.05, 0) is 42.2 Å². The maximum atomic E-state index is 14.2. The number of rotatable bonds is 5. The molecule has 1 aliphatic carbocycles. The van der Waals surface area contributed by atoms with Crippen LogP contribution in [0.2, 0.25) is 0 Å². The smallest absolute Gasteiger partial charge is 0.191 e. The Bertz CT molecular complexity index is 720. The molecule has 1 aliphatic rings. The molecule has 0 bridgehead atoms. The van der Waals surface area contributed by atoms with Gasteiger partial charge >= 0.3 is 0 Å². The van der Waals surface area contributed by atoms with Crippen LogP contribution in [-0.2, 0) is 6.54 Å². The number of pyridine rings is 1. The van der Waals surface area contributed by atoms with Crippen molar-refractivity contribution in [1.82, 2.24) is 15.6 Å². The van der Waals surface area contributed by atoms with Gasteiger partial charge in [0, 0.05) is 25.8 Å². The predicted molar refractivity (Wildman–Crippen MR) is 91.6 cm³/mol. The van der Waals surface area contributed by atoms with E-state index in [-0.39, 0.29) is 5.75 Å². The minimum absolute atomic E-state index is 0.182. The van der Waals surface area contributed by atoms with Gasteiger partial charge in [0.25, 0.3) is 0 Å². The van der Waals surface area contributed by atoms with Gasteiger partial charge in [-0.2, -0.15) is 0 Å². The lowest BCUT2D eigenvalue weighted by Crippen LogP contribution is -2.38. The Morgan fingerprint density at radius 1 is 1.42 bits per heavy atom. The van der Waals surface area contributed by atoms with E-state index < -0.39 is 5.82 Å². The fourth-order valence-corrected chi connectivity index (χ4v) is 2.35. The zero-order valence-electron chi connectivity index (χ0n) is 13.8. The third-order valence-electron chi connectivity index (χ3n) is 3.97. The first kappa shape index (κ1) is 16.2. The monoisotopic (exact) mass is 328 g/mol. The summed E-state index contributed by atoms with van der Waals surface area (Å²) < 4.78 is 19.7. The van der Waals surface area contributed by atoms with Crippen LogP contribution in [0.4, 0.5) is 4.39 Å². The summed E-state index contributed by atoms with van der Waals surface area (Å²) in [5.74, 6) is 1.70. The van der Waals surface area contributed by atoms with Crippen molar-refractivity contribution in [2.75, 3.05) is 7.05 Å². The lowest BCUT2D eigenvalue weighted by atomic mass is 10.2. The summed E-state index contributed by atoms with van der Waals surface area (Å²) in [6.45, 7) is 2.69. The third-order valence-corrected chi connectivity index (χ3v) is 3.97. The van der Waals surface area contributed by atoms with E-state index in [1.807, 2.05) is 6.07 Å². The highest BCUT2D eigenvalue weighted by Gasteiger charge is 2.33. The number of hydrogen-bond donors (Lipinski definition) is 2. The minimum atomic E-state index is -0.406. The number of ether oxygens (including phenoxy) is 1. The summed E-state index contributed by atoms with van der Waals surface area (Å²) in [4.78, 5) is 8.13. The summed E-state index contributed by atoms with van der Waals surface area (Å²) in [5.41, 5.74) is 0.817. The van der Waals surface area contributed by atoms with Crippen LogP contribution in [0, 0.1) is 11.7 Å². The summed E-state index contributed by atoms with van der Waals surface area (Å²) >= 11 is 0. The van der Waals surface area contributed by atoms with Gasteiger partial charge in [-0.3, -0.25) is 9.98 Å². The Hall–Kier alpha value is -2.63. The molecule has 1 aromatic heterocycles. The van der Waals surface area contributed by atoms with Gasteiger partial charge in [0.05, 0.1) is 6.20 Å². The standard InChI is InChI=1S/C18H21FN4O/c1-12-8-16(12)23-18(20-2)22-10-13-5-6-17(15(19)9-13)24-14-4-3-7-21-11-14/h3-7,9,11-12,16H,8,10H2,1-2H3,(H2,20,22,23). The van der Waals surface area contributed by atoms with Gasteiger partial charge in [0.1, 0.15) is 5.75 Å². The van der Waals surface area contributed by atoms with E-state index in [0.29, 0.717) is 24.3 Å². The second kappa shape index (κ2) is 7.29. The topological polar surface area (TPSA) is 58.5 Å². The number of benzene rings is 1. The molecule has 3 rings (SSSR count). The van der Waals surface area contributed by atoms with Crippen LogP contribution in [0.1, 0.15) is 18.9 Å². The summed E-state index contributed by atoms with van der Waals surface area (Å²) in [5, 5.41) is 6.53. The van der Waals surface area contributed by atoms with E-state index in [1.165, 1.54) is 6.07 Å². The number of aromatic nitrogens is 1. The van der Waals surface area contributed by atoms with E-state index in [9.17, 15) is 4.39 Å². The van der Waals surface area contributed by atoms with E-state index >= 15 is 0 Å². The average Bonchev–Trinajstić information content (AvgIpc) is 3.29. The first-order chi connectivity index (χ1) is 11.7. The van der Waals surface area contributed by atoms with Crippen molar-refractivity contribution in [1.29, 1.82) is 0 Å². The molecule has 0 radical (unpaired) electrons. The molecule has 1 heterocycles. The summed E-state index contributed by atoms with van der Waals surface area (Å²) in [7, 11) is 1.73. The van der Waals surface area contributed by atoms with Crippen LogP contribution in [0.25, 0.3) is 0 Å². The largest absolute Gasteiger partial charge is 0.453 e. The van der Waals surface area contributed by atoms with E-state index in [2.05, 4.69) is 27.5 Å². The number of halogens is 1. The van der Waals surface area contributed by atoms with Crippen LogP contribution < -0.4 is 15.4 Å². The molecule has 1 aromatic carbocycles. The van der Waals surface area contributed by atoms with Crippen molar-refractivity contribution in [2.45, 2.75) is 25.9 Å². The molecule has 0 aliphatic heterocycles. The maximum absolute atomic E-state index is 14.2. The van der Waals surface area contributed by atoms with Gasteiger partial charge in [-0.15, -0.1) is 0 Å². The molecule has 126 valence electrons. The highest BCUT2D eigenvalue weighted by Crippen LogP contribution is 2.28. The van der Waals surface area contributed by atoms with Crippen molar-refractivity contribution >= 4 is 5.96 Å². The lowest BCUT2D eigenvalue weighted by molar-refractivity contribution is 0.440. The molecular formula is C18H21FN4O. The molecule has 1 saturated carbocycles. The molecule has 2 N–H and O–H groups in total. The highest BCUT2D eigenvalue weighted by molar-refractivity contribution is 5.80. The third kappa shape index (κ3) is 4.22. The Balaban J connectivity index is 1.58. The quantitative estimate of drug-likeness (QED) is 0.654. The van der Waals surface area contributed by atoms with Crippen LogP contribution in [-0.4, -0.2) is 24.0 Å². The van der Waals surface area contributed by atoms with Gasteiger partial charge in [-0.25, -0.2) is 4.39 Å². The zero-order valence-corrected chi connectivity index (χ0v) is 13.8. The van der Waals surface area contributed by atoms with Gasteiger partial charge in [-0.1, -0.05) is 13.0 Å². The van der Waals surface area contributed by atoms with Gasteiger partial charge in [0.2, 0.25) is 0 Å². The first-order valence-electron chi connectivity index (χ1n) is 7.99. The van der Waals surface area contributed by atoms with Crippen molar-refractivity contribution in [3.63, 3.8) is 0 Å². The van der Waals surface area contributed by atoms with Crippen molar-refractivity contribution < 1.29 is 9.13 Å². The Morgan fingerprint density at radius 3 is 2.88 bits per heavy atom. The van der Waals surface area contributed by atoms with Crippen molar-refractivity contribution in [2.24, 2.45) is 10.9 Å². The van der Waals surface area contributed by atoms with Crippen LogP contribution in [0.5, 0.6) is 11.5 Å². The summed E-state index contributed by atoms with van der Waals surface area (Å²) in [6.07, 6.45) is 4.35. The second-order valence-corrected chi connectivity index (χ2v) is 5.95. The minimum Gasteiger partial charge on any atom is -0.453 e. The van der Waals surface area contributed by atoms with Crippen LogP contribution in [0.3, 0.4) is 0 Å². The molecule has 0 spiro atoms. The number of nitrogens with zero attached hydrogens (tertiary/aromatic N) is 2. The fraction of sp³-hybridized carbons (Fsp3) is 0.333. The molecule has 2 aromatic rings. The molecule has 2 unspecified atom stereocenters. The lowest BCUT2D eigenvalue weighted by Gasteiger charge is -2.12. The van der Waals surface area contributed by atoms with Crippen molar-refractivity contribution in [3.05, 3.63) is 54.1 Å². The molecule has 24 heavy (non-hydrogen) atoms. The number of hydrogen-bond acceptors (Lipinski definition) is 3. The van der Waals surface area contributed by atoms with E-state index in [4.69, 9.17) is 4.74 Å². The predicted octanol–water partition coefficient (Wildman–Crippen LogP) is 3.09. The highest BCUT2D eigenvalue weighted by atomic mass is 19.1. The van der Waals surface area contributed by atoms with Crippen molar-refractivity contribution in [3.8, 4) is 11.5 Å². The second-order valence-electron chi connectivity index (χ2n) is 5.95. The van der Waals surface area contributed by atoms with Crippen LogP contribution in [0.15, 0.2) is 47.7 Å². The van der Waals surface area contributed by atoms with E-state index in [1.54, 1.807) is 37.6 Å². The van der Waals surface area contributed by atoms with E-state index in [0.717, 1.165) is 17.9 Å². The molecule has 5 nitrogen and oxygen atoms in total. The Kier molecular flexibility index (Phi) is 4.93. The molecule has 0 amide bonds. The SMILES string of the molecule is CN=C(NCc1ccc(Oc2cccnc2)c(F)c1)NC1CC1C. The van der Waals surface area contributed by atoms with Gasteiger partial charge < -0.3 is 15.4 Å². The molecule has 6 heteroatoms. The summed E-state index contributed by atoms with van der Waals surface area (Å²) in [6, 6.07) is 8.88. The number of guanidine groups is 1. The zero-order chi connectivity index (χ0) is 16.9. The van der Waals surface area contributed by atoms with Crippen LogP contribution >= 0.6 is 0 Å². The normalized spacial score (nSPS) is 19.7. The molecule has 1 fully saturated rings. The average molecular weight is 328 g/mol. The maximum Gasteiger partial charge on any atom is 0.191 e. The fourth-order valence-electron chi connectivity index (χ4n) is 2.35. The molecule has 2 atom stereocenters. The first-order valence-corrected chi connectivity index (χ1v) is 7.99. The number of aliphatic imine (C=N–C) groups is 1. The number of nitrogens with one attached hydrogen (secondary N) is 2. The Labute approximate surface area is 141 Å². The van der Waals surface area contributed by atoms with Gasteiger partial charge in [0.15, 0.2) is 17.5 Å². The Morgan fingerprint density at radius 2 is 2.25 bits per heavy atom. The molecular weight excluding hydrogens is 307 g/mol. The molecule has 0 saturated heterocycles.